The summed E-state index contributed by atoms with van der Waals surface area (Å²) in [5, 5.41) is 10.2. The highest BCUT2D eigenvalue weighted by atomic mass is 35.5. The van der Waals surface area contributed by atoms with Gasteiger partial charge in [-0.25, -0.2) is 0 Å². The molecule has 160 valence electrons. The summed E-state index contributed by atoms with van der Waals surface area (Å²) in [5.74, 6) is 0.804. The third-order valence-corrected chi connectivity index (χ3v) is 4.54. The van der Waals surface area contributed by atoms with E-state index in [1.165, 1.54) is 7.11 Å². The molecule has 0 saturated heterocycles. The van der Waals surface area contributed by atoms with Gasteiger partial charge in [0.25, 0.3) is 0 Å². The molecule has 0 heterocycles. The number of rotatable bonds is 13. The summed E-state index contributed by atoms with van der Waals surface area (Å²) in [7, 11) is 1.46. The Bertz CT molecular complexity index is 736. The minimum absolute atomic E-state index is 0.00292. The Labute approximate surface area is 186 Å². The van der Waals surface area contributed by atoms with E-state index in [0.29, 0.717) is 28.0 Å². The van der Waals surface area contributed by atoms with Crippen molar-refractivity contribution in [3.8, 4) is 5.75 Å². The maximum absolute atomic E-state index is 11.4. The maximum atomic E-state index is 11.4. The van der Waals surface area contributed by atoms with E-state index in [0.717, 1.165) is 11.1 Å². The second-order valence-electron chi connectivity index (χ2n) is 6.17. The number of methoxy groups -OCH3 is 1. The van der Waals surface area contributed by atoms with Gasteiger partial charge in [-0.05, 0) is 42.7 Å². The van der Waals surface area contributed by atoms with Crippen LogP contribution in [0.5, 0.6) is 5.75 Å². The van der Waals surface area contributed by atoms with Crippen molar-refractivity contribution in [2.24, 2.45) is 0 Å². The number of alkyl halides is 1. The zero-order chi connectivity index (χ0) is 21.8. The largest absolute Gasteiger partial charge is 0.490 e. The summed E-state index contributed by atoms with van der Waals surface area (Å²) < 4.78 is 15.6. The summed E-state index contributed by atoms with van der Waals surface area (Å²) in [5.41, 5.74) is 1.76. The van der Waals surface area contributed by atoms with Gasteiger partial charge < -0.3 is 19.3 Å². The van der Waals surface area contributed by atoms with E-state index < -0.39 is 6.10 Å². The molecule has 0 unspecified atom stereocenters. The molecule has 1 aromatic carbocycles. The molecule has 29 heavy (non-hydrogen) atoms. The average Bonchev–Trinajstić information content (AvgIpc) is 2.68. The van der Waals surface area contributed by atoms with E-state index in [1.807, 2.05) is 6.08 Å². The van der Waals surface area contributed by atoms with Crippen molar-refractivity contribution in [1.29, 1.82) is 0 Å². The van der Waals surface area contributed by atoms with E-state index >= 15 is 0 Å². The lowest BCUT2D eigenvalue weighted by atomic mass is 10.0. The Kier molecular flexibility index (Phi) is 12.0. The Balaban J connectivity index is 2.80. The summed E-state index contributed by atoms with van der Waals surface area (Å²) in [4.78, 5) is 11.4. The summed E-state index contributed by atoms with van der Waals surface area (Å²) in [6, 6.07) is 3.48. The molecule has 0 aliphatic heterocycles. The fraction of sp³-hybridized carbons (Fsp3) is 0.381. The molecule has 0 aliphatic rings. The van der Waals surface area contributed by atoms with E-state index in [9.17, 15) is 9.90 Å². The second kappa shape index (κ2) is 13.7. The van der Waals surface area contributed by atoms with Crippen LogP contribution < -0.4 is 4.74 Å². The summed E-state index contributed by atoms with van der Waals surface area (Å²) >= 11 is 18.1. The molecular weight excluding hydrogens is 439 g/mol. The van der Waals surface area contributed by atoms with Crippen LogP contribution in [0, 0.1) is 0 Å². The molecule has 0 spiro atoms. The molecule has 0 amide bonds. The van der Waals surface area contributed by atoms with Gasteiger partial charge in [0.05, 0.1) is 21.7 Å². The SMILES string of the molecule is C=C/C(=C\C=C(/C)OCC(=O)COC)Cc1cc(Cl)c(OC[C@@H](O)CCl)c(Cl)c1. The van der Waals surface area contributed by atoms with Crippen LogP contribution in [0.4, 0.5) is 0 Å². The predicted molar refractivity (Wildman–Crippen MR) is 117 cm³/mol. The van der Waals surface area contributed by atoms with Crippen LogP contribution in [-0.4, -0.2) is 49.8 Å². The maximum Gasteiger partial charge on any atom is 0.195 e. The number of ether oxygens (including phenoxy) is 3. The number of hydrogen-bond donors (Lipinski definition) is 1. The Hall–Kier alpha value is -1.50. The third-order valence-electron chi connectivity index (χ3n) is 3.62. The van der Waals surface area contributed by atoms with Gasteiger partial charge in [0.2, 0.25) is 0 Å². The van der Waals surface area contributed by atoms with Crippen LogP contribution in [-0.2, 0) is 20.7 Å². The molecule has 0 saturated carbocycles. The Morgan fingerprint density at radius 1 is 1.24 bits per heavy atom. The van der Waals surface area contributed by atoms with Gasteiger partial charge in [-0.15, -0.1) is 11.6 Å². The van der Waals surface area contributed by atoms with Crippen molar-refractivity contribution < 1.29 is 24.1 Å². The van der Waals surface area contributed by atoms with Crippen molar-refractivity contribution in [3.05, 3.63) is 63.9 Å². The molecule has 5 nitrogen and oxygen atoms in total. The smallest absolute Gasteiger partial charge is 0.195 e. The lowest BCUT2D eigenvalue weighted by Crippen LogP contribution is -2.19. The Morgan fingerprint density at radius 3 is 2.45 bits per heavy atom. The molecule has 8 heteroatoms. The van der Waals surface area contributed by atoms with Crippen molar-refractivity contribution in [3.63, 3.8) is 0 Å². The van der Waals surface area contributed by atoms with Gasteiger partial charge in [0.1, 0.15) is 25.9 Å². The van der Waals surface area contributed by atoms with Gasteiger partial charge in [-0.3, -0.25) is 4.79 Å². The number of carbonyl (C=O) groups excluding carboxylic acids is 1. The number of benzene rings is 1. The summed E-state index contributed by atoms with van der Waals surface area (Å²) in [6.45, 7) is 5.55. The fourth-order valence-corrected chi connectivity index (χ4v) is 2.91. The molecule has 0 radical (unpaired) electrons. The highest BCUT2D eigenvalue weighted by Crippen LogP contribution is 2.35. The van der Waals surface area contributed by atoms with Crippen molar-refractivity contribution >= 4 is 40.6 Å². The van der Waals surface area contributed by atoms with Gasteiger partial charge in [0, 0.05) is 7.11 Å². The van der Waals surface area contributed by atoms with Gasteiger partial charge >= 0.3 is 0 Å². The number of aliphatic hydroxyl groups is 1. The number of Topliss-reactive ketones (excluding diaryl/α,β-unsaturated/α-hetero) is 1. The molecule has 0 aliphatic carbocycles. The van der Waals surface area contributed by atoms with Gasteiger partial charge in [-0.2, -0.15) is 0 Å². The lowest BCUT2D eigenvalue weighted by Gasteiger charge is -2.14. The first-order chi connectivity index (χ1) is 13.8. The number of ketones is 1. The highest BCUT2D eigenvalue weighted by molar-refractivity contribution is 6.37. The zero-order valence-corrected chi connectivity index (χ0v) is 18.7. The standard InChI is InChI=1S/C21H25Cl3O5/c1-4-15(6-5-14(2)28-13-18(26)11-27-3)7-16-8-19(23)21(20(24)9-16)29-12-17(25)10-22/h4-6,8-9,17,25H,1,7,10-13H2,2-3H3/b14-5+,15-6+/t17-/m0/s1. The molecule has 0 fully saturated rings. The van der Waals surface area contributed by atoms with Crippen LogP contribution >= 0.6 is 34.8 Å². The van der Waals surface area contributed by atoms with Crippen LogP contribution in [0.1, 0.15) is 12.5 Å². The number of carbonyl (C=O) groups is 1. The number of allylic oxidation sites excluding steroid dienone is 5. The number of halogens is 3. The summed E-state index contributed by atoms with van der Waals surface area (Å²) in [6.07, 6.45) is 5.03. The van der Waals surface area contributed by atoms with E-state index in [-0.39, 0.29) is 31.5 Å². The van der Waals surface area contributed by atoms with Gasteiger partial charge in [0.15, 0.2) is 11.5 Å². The molecule has 1 rings (SSSR count). The van der Waals surface area contributed by atoms with Crippen LogP contribution in [0.2, 0.25) is 10.0 Å². The first kappa shape index (κ1) is 25.5. The third kappa shape index (κ3) is 9.70. The van der Waals surface area contributed by atoms with E-state index in [2.05, 4.69) is 6.58 Å². The number of aliphatic hydroxyl groups excluding tert-OH is 1. The van der Waals surface area contributed by atoms with Crippen molar-refractivity contribution in [1.82, 2.24) is 0 Å². The Morgan fingerprint density at radius 2 is 1.90 bits per heavy atom. The fourth-order valence-electron chi connectivity index (χ4n) is 2.18. The van der Waals surface area contributed by atoms with Gasteiger partial charge in [-0.1, -0.05) is 41.9 Å². The molecule has 1 aromatic rings. The quantitative estimate of drug-likeness (QED) is 0.259. The van der Waals surface area contributed by atoms with Crippen molar-refractivity contribution in [2.75, 3.05) is 32.8 Å². The first-order valence-corrected chi connectivity index (χ1v) is 10.1. The minimum atomic E-state index is -0.805. The first-order valence-electron chi connectivity index (χ1n) is 8.78. The minimum Gasteiger partial charge on any atom is -0.490 e. The van der Waals surface area contributed by atoms with Crippen LogP contribution in [0.25, 0.3) is 0 Å². The lowest BCUT2D eigenvalue weighted by molar-refractivity contribution is -0.125. The second-order valence-corrected chi connectivity index (χ2v) is 7.29. The molecule has 1 atom stereocenters. The zero-order valence-electron chi connectivity index (χ0n) is 16.4. The topological polar surface area (TPSA) is 65.0 Å². The predicted octanol–water partition coefficient (Wildman–Crippen LogP) is 4.76. The monoisotopic (exact) mass is 462 g/mol. The number of hydrogen-bond acceptors (Lipinski definition) is 5. The highest BCUT2D eigenvalue weighted by Gasteiger charge is 2.12. The molecule has 1 N–H and O–H groups in total. The normalized spacial score (nSPS) is 13.2. The van der Waals surface area contributed by atoms with Crippen molar-refractivity contribution in [2.45, 2.75) is 19.4 Å². The molecule has 0 aromatic heterocycles. The van der Waals surface area contributed by atoms with E-state index in [4.69, 9.17) is 49.0 Å². The molecular formula is C21H25Cl3O5. The van der Waals surface area contributed by atoms with Crippen LogP contribution in [0.3, 0.4) is 0 Å². The van der Waals surface area contributed by atoms with E-state index in [1.54, 1.807) is 31.2 Å². The molecule has 0 bridgehead atoms. The van der Waals surface area contributed by atoms with Crippen LogP contribution in [0.15, 0.2) is 48.3 Å². The average molecular weight is 464 g/mol.